The first kappa shape index (κ1) is 33.0. The van der Waals surface area contributed by atoms with Gasteiger partial charge in [0.25, 0.3) is 5.56 Å². The van der Waals surface area contributed by atoms with E-state index in [2.05, 4.69) is 60.1 Å². The Morgan fingerprint density at radius 3 is 2.29 bits per heavy atom. The van der Waals surface area contributed by atoms with E-state index in [-0.39, 0.29) is 11.5 Å². The van der Waals surface area contributed by atoms with Crippen molar-refractivity contribution in [1.29, 1.82) is 0 Å². The lowest BCUT2D eigenvalue weighted by Crippen LogP contribution is -2.21. The molecule has 8 heteroatoms. The Labute approximate surface area is 288 Å². The lowest BCUT2D eigenvalue weighted by Gasteiger charge is -2.18. The molecule has 0 bridgehead atoms. The molecule has 1 heterocycles. The monoisotopic (exact) mass is 703 g/mol. The molecule has 5 aromatic carbocycles. The third-order valence-corrected chi connectivity index (χ3v) is 8.90. The van der Waals surface area contributed by atoms with Crippen LogP contribution < -0.4 is 19.8 Å². The summed E-state index contributed by atoms with van der Waals surface area (Å²) in [5.41, 5.74) is 4.93. The Morgan fingerprint density at radius 2 is 1.52 bits per heavy atom. The van der Waals surface area contributed by atoms with Gasteiger partial charge in [0.1, 0.15) is 12.4 Å². The molecule has 0 radical (unpaired) electrons. The zero-order chi connectivity index (χ0) is 33.8. The molecule has 6 aromatic rings. The van der Waals surface area contributed by atoms with E-state index < -0.39 is 0 Å². The third kappa shape index (κ3) is 6.71. The summed E-state index contributed by atoms with van der Waals surface area (Å²) >= 11 is 3.71. The van der Waals surface area contributed by atoms with Crippen LogP contribution >= 0.6 is 15.9 Å². The molecule has 244 valence electrons. The Balaban J connectivity index is 1.41. The van der Waals surface area contributed by atoms with Crippen molar-refractivity contribution in [3.05, 3.63) is 128 Å². The van der Waals surface area contributed by atoms with Crippen molar-refractivity contribution < 1.29 is 14.2 Å². The molecule has 6 rings (SSSR count). The Bertz CT molecular complexity index is 2200. The minimum Gasteiger partial charge on any atom is -0.494 e. The highest BCUT2D eigenvalue weighted by atomic mass is 79.9. The van der Waals surface area contributed by atoms with Gasteiger partial charge >= 0.3 is 0 Å². The zero-order valence-corrected chi connectivity index (χ0v) is 29.4. The Morgan fingerprint density at radius 1 is 0.833 bits per heavy atom. The predicted molar refractivity (Wildman–Crippen MR) is 198 cm³/mol. The number of fused-ring (bicyclic) bond motifs is 2. The van der Waals surface area contributed by atoms with E-state index in [0.29, 0.717) is 53.6 Å². The van der Waals surface area contributed by atoms with Crippen LogP contribution in [0.15, 0.2) is 105 Å². The molecule has 0 unspecified atom stereocenters. The molecule has 0 atom stereocenters. The summed E-state index contributed by atoms with van der Waals surface area (Å²) in [5, 5.41) is 7.55. The molecule has 0 N–H and O–H groups in total. The van der Waals surface area contributed by atoms with Crippen LogP contribution in [-0.4, -0.2) is 29.1 Å². The minimum atomic E-state index is -0.262. The molecule has 0 aliphatic rings. The molecule has 0 aliphatic heterocycles. The molecular weight excluding hydrogens is 666 g/mol. The third-order valence-electron chi connectivity index (χ3n) is 8.21. The van der Waals surface area contributed by atoms with Gasteiger partial charge in [0.15, 0.2) is 17.3 Å². The van der Waals surface area contributed by atoms with Gasteiger partial charge in [-0.25, -0.2) is 4.98 Å². The maximum atomic E-state index is 14.0. The Kier molecular flexibility index (Phi) is 9.92. The van der Waals surface area contributed by atoms with E-state index in [1.165, 1.54) is 4.68 Å². The first-order chi connectivity index (χ1) is 23.3. The number of halogens is 1. The SMILES string of the molecule is CCOc1cc(C=Nn2c(-c3cc(C(C)C)c(OCC)cc3C)nc3ccccc3c2=O)c(Br)cc1OCc1cccc2ccccc12. The van der Waals surface area contributed by atoms with Crippen molar-refractivity contribution in [2.75, 3.05) is 13.2 Å². The highest BCUT2D eigenvalue weighted by Gasteiger charge is 2.19. The second-order valence-corrected chi connectivity index (χ2v) is 12.6. The van der Waals surface area contributed by atoms with Crippen molar-refractivity contribution >= 4 is 43.8 Å². The van der Waals surface area contributed by atoms with Crippen LogP contribution in [0, 0.1) is 6.92 Å². The predicted octanol–water partition coefficient (Wildman–Crippen LogP) is 9.67. The number of aryl methyl sites for hydroxylation is 1. The van der Waals surface area contributed by atoms with Crippen molar-refractivity contribution in [1.82, 2.24) is 9.66 Å². The highest BCUT2D eigenvalue weighted by Crippen LogP contribution is 2.36. The van der Waals surface area contributed by atoms with E-state index >= 15 is 0 Å². The van der Waals surface area contributed by atoms with E-state index in [4.69, 9.17) is 24.3 Å². The van der Waals surface area contributed by atoms with Gasteiger partial charge in [-0.05, 0) is 106 Å². The number of hydrogen-bond acceptors (Lipinski definition) is 6. The van der Waals surface area contributed by atoms with Gasteiger partial charge in [0.05, 0.1) is 30.3 Å². The number of aromatic nitrogens is 2. The maximum Gasteiger partial charge on any atom is 0.282 e. The van der Waals surface area contributed by atoms with Crippen LogP contribution in [-0.2, 0) is 6.61 Å². The number of nitrogens with zero attached hydrogens (tertiary/aromatic N) is 3. The van der Waals surface area contributed by atoms with Crippen molar-refractivity contribution in [3.63, 3.8) is 0 Å². The number of ether oxygens (including phenoxy) is 3. The number of rotatable bonds is 11. The normalized spacial score (nSPS) is 11.6. The van der Waals surface area contributed by atoms with E-state index in [1.807, 2.05) is 75.4 Å². The van der Waals surface area contributed by atoms with Gasteiger partial charge in [-0.15, -0.1) is 0 Å². The van der Waals surface area contributed by atoms with Crippen LogP contribution in [0.25, 0.3) is 33.1 Å². The maximum absolute atomic E-state index is 14.0. The van der Waals surface area contributed by atoms with Gasteiger partial charge in [0, 0.05) is 15.6 Å². The summed E-state index contributed by atoms with van der Waals surface area (Å²) in [6, 6.07) is 29.6. The Hall–Kier alpha value is -4.95. The summed E-state index contributed by atoms with van der Waals surface area (Å²) < 4.78 is 20.4. The molecule has 0 spiro atoms. The highest BCUT2D eigenvalue weighted by molar-refractivity contribution is 9.10. The number of hydrogen-bond donors (Lipinski definition) is 0. The fourth-order valence-corrected chi connectivity index (χ4v) is 6.23. The van der Waals surface area contributed by atoms with Crippen molar-refractivity contribution in [3.8, 4) is 28.6 Å². The van der Waals surface area contributed by atoms with Crippen LogP contribution in [0.4, 0.5) is 0 Å². The summed E-state index contributed by atoms with van der Waals surface area (Å²) in [6.07, 6.45) is 1.65. The fraction of sp³-hybridized carbons (Fsp3) is 0.225. The standard InChI is InChI=1S/C40H38BrN3O4/c1-6-46-36-19-26(5)33(21-32(36)25(3)4)39-43-35-18-11-10-17-31(35)40(45)44(39)42-23-29-20-37(47-7-2)38(22-34(29)41)48-24-28-15-12-14-27-13-8-9-16-30(27)28/h8-23,25H,6-7,24H2,1-5H3. The lowest BCUT2D eigenvalue weighted by molar-refractivity contribution is 0.270. The summed E-state index contributed by atoms with van der Waals surface area (Å²) in [7, 11) is 0. The molecule has 48 heavy (non-hydrogen) atoms. The quantitative estimate of drug-likeness (QED) is 0.126. The van der Waals surface area contributed by atoms with E-state index in [0.717, 1.165) is 43.2 Å². The summed E-state index contributed by atoms with van der Waals surface area (Å²) in [6.45, 7) is 11.5. The molecule has 1 aromatic heterocycles. The van der Waals surface area contributed by atoms with Crippen LogP contribution in [0.5, 0.6) is 17.2 Å². The van der Waals surface area contributed by atoms with Gasteiger partial charge < -0.3 is 14.2 Å². The number of para-hydroxylation sites is 1. The zero-order valence-electron chi connectivity index (χ0n) is 27.8. The topological polar surface area (TPSA) is 74.9 Å². The van der Waals surface area contributed by atoms with Crippen molar-refractivity contribution in [2.45, 2.75) is 47.1 Å². The average Bonchev–Trinajstić information content (AvgIpc) is 3.08. The second-order valence-electron chi connectivity index (χ2n) is 11.8. The largest absolute Gasteiger partial charge is 0.494 e. The number of benzene rings is 5. The van der Waals surface area contributed by atoms with E-state index in [1.54, 1.807) is 12.3 Å². The van der Waals surface area contributed by atoms with Crippen LogP contribution in [0.1, 0.15) is 55.9 Å². The van der Waals surface area contributed by atoms with Gasteiger partial charge in [-0.1, -0.05) is 68.4 Å². The van der Waals surface area contributed by atoms with Crippen LogP contribution in [0.2, 0.25) is 0 Å². The summed E-state index contributed by atoms with van der Waals surface area (Å²) in [5.74, 6) is 2.67. The van der Waals surface area contributed by atoms with E-state index in [9.17, 15) is 4.79 Å². The minimum absolute atomic E-state index is 0.198. The van der Waals surface area contributed by atoms with Gasteiger partial charge in [-0.3, -0.25) is 4.79 Å². The first-order valence-electron chi connectivity index (χ1n) is 16.2. The average molecular weight is 705 g/mol. The van der Waals surface area contributed by atoms with Crippen molar-refractivity contribution in [2.24, 2.45) is 5.10 Å². The molecule has 0 amide bonds. The molecule has 7 nitrogen and oxygen atoms in total. The van der Waals surface area contributed by atoms with Crippen LogP contribution in [0.3, 0.4) is 0 Å². The van der Waals surface area contributed by atoms with Gasteiger partial charge in [-0.2, -0.15) is 9.78 Å². The van der Waals surface area contributed by atoms with Gasteiger partial charge in [0.2, 0.25) is 0 Å². The lowest BCUT2D eigenvalue weighted by atomic mass is 9.96. The first-order valence-corrected chi connectivity index (χ1v) is 17.0. The molecular formula is C40H38BrN3O4. The molecule has 0 saturated carbocycles. The smallest absolute Gasteiger partial charge is 0.282 e. The molecule has 0 fully saturated rings. The second kappa shape index (κ2) is 14.4. The molecule has 0 aliphatic carbocycles. The fourth-order valence-electron chi connectivity index (χ4n) is 5.80. The molecule has 0 saturated heterocycles. The summed E-state index contributed by atoms with van der Waals surface area (Å²) in [4.78, 5) is 19.0.